The normalized spacial score (nSPS) is 11.5. The van der Waals surface area contributed by atoms with Crippen molar-refractivity contribution in [1.82, 2.24) is 10.4 Å². The fourth-order valence-electron chi connectivity index (χ4n) is 1.94. The van der Waals surface area contributed by atoms with E-state index in [4.69, 9.17) is 0 Å². The molecule has 1 heterocycles. The van der Waals surface area contributed by atoms with E-state index in [1.165, 1.54) is 11.8 Å². The van der Waals surface area contributed by atoms with E-state index >= 15 is 0 Å². The minimum atomic E-state index is -0.149. The Labute approximate surface area is 148 Å². The Bertz CT molecular complexity index is 839. The van der Waals surface area contributed by atoms with Gasteiger partial charge < -0.3 is 0 Å². The zero-order chi connectivity index (χ0) is 16.6. The predicted molar refractivity (Wildman–Crippen MR) is 102 cm³/mol. The van der Waals surface area contributed by atoms with Crippen molar-refractivity contribution < 1.29 is 4.79 Å². The molecule has 1 amide bonds. The van der Waals surface area contributed by atoms with Gasteiger partial charge in [0.2, 0.25) is 0 Å². The molecule has 0 bridgehead atoms. The van der Waals surface area contributed by atoms with Crippen molar-refractivity contribution in [1.29, 1.82) is 0 Å². The molecule has 3 aromatic rings. The van der Waals surface area contributed by atoms with Crippen LogP contribution in [0.3, 0.4) is 0 Å². The second kappa shape index (κ2) is 8.42. The van der Waals surface area contributed by atoms with Gasteiger partial charge in [-0.2, -0.15) is 5.10 Å². The number of fused-ring (bicyclic) bond motifs is 1. The maximum Gasteiger partial charge on any atom is 0.250 e. The van der Waals surface area contributed by atoms with Crippen LogP contribution in [0.25, 0.3) is 16.3 Å². The van der Waals surface area contributed by atoms with E-state index in [0.29, 0.717) is 5.75 Å². The molecule has 6 heteroatoms. The molecule has 0 saturated heterocycles. The van der Waals surface area contributed by atoms with Crippen LogP contribution in [-0.2, 0) is 4.79 Å². The van der Waals surface area contributed by atoms with Crippen LogP contribution in [0.2, 0.25) is 0 Å². The number of aromatic nitrogens is 1. The van der Waals surface area contributed by atoms with Crippen molar-refractivity contribution in [3.63, 3.8) is 0 Å². The summed E-state index contributed by atoms with van der Waals surface area (Å²) < 4.78 is 2.02. The summed E-state index contributed by atoms with van der Waals surface area (Å²) in [4.78, 5) is 16.3. The summed E-state index contributed by atoms with van der Waals surface area (Å²) >= 11 is 3.01. The van der Waals surface area contributed by atoms with Crippen LogP contribution in [0.1, 0.15) is 5.56 Å². The number of allylic oxidation sites excluding steroid dienone is 1. The van der Waals surface area contributed by atoms with Gasteiger partial charge in [-0.25, -0.2) is 10.4 Å². The molecule has 0 atom stereocenters. The summed E-state index contributed by atoms with van der Waals surface area (Å²) in [5.41, 5.74) is 4.56. The van der Waals surface area contributed by atoms with Gasteiger partial charge in [-0.1, -0.05) is 60.3 Å². The lowest BCUT2D eigenvalue weighted by molar-refractivity contribution is -0.118. The third kappa shape index (κ3) is 4.78. The van der Waals surface area contributed by atoms with Gasteiger partial charge in [-0.3, -0.25) is 4.79 Å². The molecule has 0 radical (unpaired) electrons. The summed E-state index contributed by atoms with van der Waals surface area (Å²) in [5.74, 6) is 0.142. The largest absolute Gasteiger partial charge is 0.272 e. The van der Waals surface area contributed by atoms with E-state index in [1.54, 1.807) is 23.6 Å². The zero-order valence-corrected chi connectivity index (χ0v) is 14.4. The second-order valence-electron chi connectivity index (χ2n) is 4.82. The number of thioether (sulfide) groups is 1. The SMILES string of the molecule is O=C(CSc1nc2ccccc2s1)N/N=C/C=C/c1ccccc1. The van der Waals surface area contributed by atoms with E-state index in [9.17, 15) is 4.79 Å². The van der Waals surface area contributed by atoms with Gasteiger partial charge in [0, 0.05) is 6.21 Å². The molecular weight excluding hydrogens is 338 g/mol. The number of benzene rings is 2. The number of para-hydroxylation sites is 1. The molecular formula is C18H15N3OS2. The highest BCUT2D eigenvalue weighted by Gasteiger charge is 2.06. The van der Waals surface area contributed by atoms with E-state index in [1.807, 2.05) is 60.7 Å². The Hall–Kier alpha value is -2.44. The molecule has 120 valence electrons. The molecule has 1 N–H and O–H groups in total. The molecule has 0 aliphatic rings. The van der Waals surface area contributed by atoms with Crippen LogP contribution in [0.15, 0.2) is 70.1 Å². The monoisotopic (exact) mass is 353 g/mol. The summed E-state index contributed by atoms with van der Waals surface area (Å²) in [6.07, 6.45) is 5.27. The van der Waals surface area contributed by atoms with Gasteiger partial charge in [0.25, 0.3) is 5.91 Å². The van der Waals surface area contributed by atoms with Gasteiger partial charge in [0.05, 0.1) is 16.0 Å². The minimum Gasteiger partial charge on any atom is -0.272 e. The van der Waals surface area contributed by atoms with Crippen LogP contribution in [-0.4, -0.2) is 22.9 Å². The number of rotatable bonds is 6. The van der Waals surface area contributed by atoms with Gasteiger partial charge in [-0.05, 0) is 23.8 Å². The predicted octanol–water partition coefficient (Wildman–Crippen LogP) is 4.20. The first-order valence-electron chi connectivity index (χ1n) is 7.33. The number of hydrogen-bond acceptors (Lipinski definition) is 5. The Morgan fingerprint density at radius 1 is 1.17 bits per heavy atom. The maximum absolute atomic E-state index is 11.8. The van der Waals surface area contributed by atoms with Crippen molar-refractivity contribution in [3.05, 3.63) is 66.2 Å². The second-order valence-corrected chi connectivity index (χ2v) is 7.07. The number of amides is 1. The van der Waals surface area contributed by atoms with Gasteiger partial charge in [-0.15, -0.1) is 11.3 Å². The Balaban J connectivity index is 1.44. The number of carbonyl (C=O) groups is 1. The van der Waals surface area contributed by atoms with Gasteiger partial charge in [0.15, 0.2) is 4.34 Å². The van der Waals surface area contributed by atoms with E-state index in [2.05, 4.69) is 15.5 Å². The van der Waals surface area contributed by atoms with Crippen LogP contribution in [0.5, 0.6) is 0 Å². The molecule has 0 unspecified atom stereocenters. The van der Waals surface area contributed by atoms with Crippen molar-refractivity contribution in [2.24, 2.45) is 5.10 Å². The number of nitrogens with zero attached hydrogens (tertiary/aromatic N) is 2. The van der Waals surface area contributed by atoms with Crippen molar-refractivity contribution >= 4 is 51.5 Å². The summed E-state index contributed by atoms with van der Waals surface area (Å²) in [6.45, 7) is 0. The van der Waals surface area contributed by atoms with Gasteiger partial charge in [0.1, 0.15) is 0 Å². The molecule has 0 aliphatic heterocycles. The molecule has 3 rings (SSSR count). The Kier molecular flexibility index (Phi) is 5.76. The Morgan fingerprint density at radius 2 is 1.96 bits per heavy atom. The highest BCUT2D eigenvalue weighted by molar-refractivity contribution is 8.01. The van der Waals surface area contributed by atoms with E-state index < -0.39 is 0 Å². The number of hydrazone groups is 1. The molecule has 0 aliphatic carbocycles. The molecule has 4 nitrogen and oxygen atoms in total. The minimum absolute atomic E-state index is 0.149. The van der Waals surface area contributed by atoms with Crippen LogP contribution < -0.4 is 5.43 Å². The molecule has 1 aromatic heterocycles. The average molecular weight is 353 g/mol. The fourth-order valence-corrected chi connectivity index (χ4v) is 3.80. The summed E-state index contributed by atoms with van der Waals surface area (Å²) in [6, 6.07) is 17.8. The van der Waals surface area contributed by atoms with Crippen LogP contribution in [0, 0.1) is 0 Å². The smallest absolute Gasteiger partial charge is 0.250 e. The topological polar surface area (TPSA) is 54.4 Å². The van der Waals surface area contributed by atoms with E-state index in [-0.39, 0.29) is 5.91 Å². The van der Waals surface area contributed by atoms with E-state index in [0.717, 1.165) is 20.1 Å². The number of hydrogen-bond donors (Lipinski definition) is 1. The third-order valence-electron chi connectivity index (χ3n) is 3.04. The quantitative estimate of drug-likeness (QED) is 0.410. The highest BCUT2D eigenvalue weighted by atomic mass is 32.2. The Morgan fingerprint density at radius 3 is 2.79 bits per heavy atom. The number of thiazole rings is 1. The molecule has 0 fully saturated rings. The average Bonchev–Trinajstić information content (AvgIpc) is 3.03. The van der Waals surface area contributed by atoms with Crippen LogP contribution in [0.4, 0.5) is 0 Å². The standard InChI is InChI=1S/C18H15N3OS2/c22-17(21-19-12-6-9-14-7-2-1-3-8-14)13-23-18-20-15-10-4-5-11-16(15)24-18/h1-12H,13H2,(H,21,22)/b9-6+,19-12+. The third-order valence-corrected chi connectivity index (χ3v) is 5.22. The highest BCUT2D eigenvalue weighted by Crippen LogP contribution is 2.28. The summed E-state index contributed by atoms with van der Waals surface area (Å²) in [5, 5.41) is 3.90. The van der Waals surface area contributed by atoms with Crippen molar-refractivity contribution in [3.8, 4) is 0 Å². The van der Waals surface area contributed by atoms with Crippen LogP contribution >= 0.6 is 23.1 Å². The first kappa shape index (κ1) is 16.4. The van der Waals surface area contributed by atoms with Gasteiger partial charge >= 0.3 is 0 Å². The van der Waals surface area contributed by atoms with Crippen molar-refractivity contribution in [2.75, 3.05) is 5.75 Å². The first-order chi connectivity index (χ1) is 11.8. The lowest BCUT2D eigenvalue weighted by atomic mass is 10.2. The lowest BCUT2D eigenvalue weighted by Gasteiger charge is -1.96. The molecule has 24 heavy (non-hydrogen) atoms. The first-order valence-corrected chi connectivity index (χ1v) is 9.13. The number of carbonyl (C=O) groups excluding carboxylic acids is 1. The number of nitrogens with one attached hydrogen (secondary N) is 1. The molecule has 0 spiro atoms. The fraction of sp³-hybridized carbons (Fsp3) is 0.0556. The maximum atomic E-state index is 11.8. The van der Waals surface area contributed by atoms with Crippen molar-refractivity contribution in [2.45, 2.75) is 4.34 Å². The molecule has 0 saturated carbocycles. The zero-order valence-electron chi connectivity index (χ0n) is 12.8. The molecule has 2 aromatic carbocycles. The lowest BCUT2D eigenvalue weighted by Crippen LogP contribution is -2.19. The summed E-state index contributed by atoms with van der Waals surface area (Å²) in [7, 11) is 0.